The van der Waals surface area contributed by atoms with E-state index in [1.807, 2.05) is 4.57 Å². The zero-order valence-corrected chi connectivity index (χ0v) is 11.7. The van der Waals surface area contributed by atoms with Gasteiger partial charge in [0.15, 0.2) is 0 Å². The number of rotatable bonds is 2. The first-order valence-electron chi connectivity index (χ1n) is 7.52. The highest BCUT2D eigenvalue weighted by Gasteiger charge is 2.20. The fourth-order valence-electron chi connectivity index (χ4n) is 3.26. The average Bonchev–Trinajstić information content (AvgIpc) is 2.39. The van der Waals surface area contributed by atoms with E-state index < -0.39 is 0 Å². The van der Waals surface area contributed by atoms with E-state index in [0.717, 1.165) is 50.4 Å². The van der Waals surface area contributed by atoms with Gasteiger partial charge in [0.05, 0.1) is 0 Å². The zero-order chi connectivity index (χ0) is 13.2. The van der Waals surface area contributed by atoms with Gasteiger partial charge in [0.1, 0.15) is 5.82 Å². The van der Waals surface area contributed by atoms with Crippen molar-refractivity contribution in [1.82, 2.24) is 14.9 Å². The summed E-state index contributed by atoms with van der Waals surface area (Å²) < 4.78 is 1.86. The van der Waals surface area contributed by atoms with Crippen LogP contribution in [-0.2, 0) is 19.4 Å². The fraction of sp³-hybridized carbons (Fsp3) is 0.733. The number of hydrogen-bond acceptors (Lipinski definition) is 3. The predicted molar refractivity (Wildman–Crippen MR) is 75.3 cm³/mol. The zero-order valence-electron chi connectivity index (χ0n) is 11.7. The SMILES string of the molecule is CC1CCn2c(nc(CC3CCCNC3)cc2=O)C1. The molecule has 0 saturated carbocycles. The van der Waals surface area contributed by atoms with Crippen molar-refractivity contribution < 1.29 is 0 Å². The van der Waals surface area contributed by atoms with Gasteiger partial charge in [0.25, 0.3) is 5.56 Å². The number of piperidine rings is 1. The summed E-state index contributed by atoms with van der Waals surface area (Å²) in [7, 11) is 0. The topological polar surface area (TPSA) is 46.9 Å². The van der Waals surface area contributed by atoms with Crippen molar-refractivity contribution in [3.63, 3.8) is 0 Å². The summed E-state index contributed by atoms with van der Waals surface area (Å²) in [5.41, 5.74) is 1.15. The molecule has 0 amide bonds. The Bertz CT molecular complexity index is 503. The largest absolute Gasteiger partial charge is 0.316 e. The third-order valence-corrected chi connectivity index (χ3v) is 4.41. The minimum absolute atomic E-state index is 0.149. The van der Waals surface area contributed by atoms with E-state index >= 15 is 0 Å². The van der Waals surface area contributed by atoms with E-state index in [4.69, 9.17) is 4.98 Å². The van der Waals surface area contributed by atoms with Crippen LogP contribution in [0.15, 0.2) is 10.9 Å². The minimum Gasteiger partial charge on any atom is -0.316 e. The van der Waals surface area contributed by atoms with Crippen LogP contribution in [0.1, 0.15) is 37.7 Å². The van der Waals surface area contributed by atoms with Gasteiger partial charge < -0.3 is 5.32 Å². The van der Waals surface area contributed by atoms with Crippen LogP contribution in [0.4, 0.5) is 0 Å². The molecule has 2 aliphatic heterocycles. The Hall–Kier alpha value is -1.16. The lowest BCUT2D eigenvalue weighted by Gasteiger charge is -2.25. The molecule has 19 heavy (non-hydrogen) atoms. The summed E-state index contributed by atoms with van der Waals surface area (Å²) in [6.07, 6.45) is 5.49. The highest BCUT2D eigenvalue weighted by Crippen LogP contribution is 2.19. The molecule has 0 bridgehead atoms. The van der Waals surface area contributed by atoms with Crippen molar-refractivity contribution in [3.05, 3.63) is 27.9 Å². The molecule has 0 spiro atoms. The second-order valence-electron chi connectivity index (χ2n) is 6.17. The van der Waals surface area contributed by atoms with Gasteiger partial charge in [-0.2, -0.15) is 0 Å². The summed E-state index contributed by atoms with van der Waals surface area (Å²) in [6.45, 7) is 5.28. The minimum atomic E-state index is 0.149. The van der Waals surface area contributed by atoms with Crippen LogP contribution >= 0.6 is 0 Å². The van der Waals surface area contributed by atoms with Gasteiger partial charge in [0, 0.05) is 24.7 Å². The van der Waals surface area contributed by atoms with E-state index in [-0.39, 0.29) is 5.56 Å². The van der Waals surface area contributed by atoms with Crippen molar-refractivity contribution >= 4 is 0 Å². The Morgan fingerprint density at radius 3 is 3.16 bits per heavy atom. The van der Waals surface area contributed by atoms with Crippen molar-refractivity contribution in [1.29, 1.82) is 0 Å². The van der Waals surface area contributed by atoms with Crippen LogP contribution in [0.2, 0.25) is 0 Å². The maximum atomic E-state index is 12.1. The third-order valence-electron chi connectivity index (χ3n) is 4.41. The molecule has 4 nitrogen and oxygen atoms in total. The van der Waals surface area contributed by atoms with Crippen molar-refractivity contribution in [2.24, 2.45) is 11.8 Å². The summed E-state index contributed by atoms with van der Waals surface area (Å²) in [4.78, 5) is 16.9. The smallest absolute Gasteiger partial charge is 0.253 e. The van der Waals surface area contributed by atoms with E-state index in [0.29, 0.717) is 11.8 Å². The molecule has 2 atom stereocenters. The summed E-state index contributed by atoms with van der Waals surface area (Å²) in [5.74, 6) is 2.30. The first kappa shape index (κ1) is 12.9. The van der Waals surface area contributed by atoms with Gasteiger partial charge >= 0.3 is 0 Å². The van der Waals surface area contributed by atoms with Gasteiger partial charge in [-0.3, -0.25) is 9.36 Å². The van der Waals surface area contributed by atoms with Gasteiger partial charge in [-0.05, 0) is 50.6 Å². The number of hydrogen-bond donors (Lipinski definition) is 1. The number of aromatic nitrogens is 2. The predicted octanol–water partition coefficient (Wildman–Crippen LogP) is 1.37. The van der Waals surface area contributed by atoms with Crippen LogP contribution in [0.5, 0.6) is 0 Å². The van der Waals surface area contributed by atoms with E-state index in [1.54, 1.807) is 6.07 Å². The molecule has 0 radical (unpaired) electrons. The van der Waals surface area contributed by atoms with Gasteiger partial charge in [0.2, 0.25) is 0 Å². The maximum Gasteiger partial charge on any atom is 0.253 e. The molecule has 0 aromatic carbocycles. The second kappa shape index (κ2) is 5.45. The van der Waals surface area contributed by atoms with Crippen molar-refractivity contribution in [3.8, 4) is 0 Å². The first-order chi connectivity index (χ1) is 9.22. The Morgan fingerprint density at radius 1 is 1.47 bits per heavy atom. The van der Waals surface area contributed by atoms with Crippen molar-refractivity contribution in [2.75, 3.05) is 13.1 Å². The van der Waals surface area contributed by atoms with Gasteiger partial charge in [-0.15, -0.1) is 0 Å². The quantitative estimate of drug-likeness (QED) is 0.874. The number of fused-ring (bicyclic) bond motifs is 1. The Labute approximate surface area is 114 Å². The lowest BCUT2D eigenvalue weighted by atomic mass is 9.94. The normalized spacial score (nSPS) is 27.0. The Kier molecular flexibility index (Phi) is 3.69. The lowest BCUT2D eigenvalue weighted by molar-refractivity contribution is 0.366. The second-order valence-corrected chi connectivity index (χ2v) is 6.17. The van der Waals surface area contributed by atoms with Crippen LogP contribution in [-0.4, -0.2) is 22.6 Å². The summed E-state index contributed by atoms with van der Waals surface area (Å²) >= 11 is 0. The molecule has 1 aromatic heterocycles. The summed E-state index contributed by atoms with van der Waals surface area (Å²) in [5, 5.41) is 3.43. The molecule has 2 unspecified atom stereocenters. The molecule has 3 rings (SSSR count). The molecule has 1 N–H and O–H groups in total. The molecular formula is C15H23N3O. The van der Waals surface area contributed by atoms with E-state index in [9.17, 15) is 4.79 Å². The first-order valence-corrected chi connectivity index (χ1v) is 7.52. The van der Waals surface area contributed by atoms with Crippen LogP contribution in [0, 0.1) is 11.8 Å². The Balaban J connectivity index is 1.80. The molecule has 0 aliphatic carbocycles. The highest BCUT2D eigenvalue weighted by molar-refractivity contribution is 5.08. The van der Waals surface area contributed by atoms with Gasteiger partial charge in [-0.1, -0.05) is 6.92 Å². The van der Waals surface area contributed by atoms with E-state index in [2.05, 4.69) is 12.2 Å². The third kappa shape index (κ3) is 2.89. The average molecular weight is 261 g/mol. The molecule has 1 aromatic rings. The molecule has 4 heteroatoms. The maximum absolute atomic E-state index is 12.1. The molecule has 3 heterocycles. The highest BCUT2D eigenvalue weighted by atomic mass is 16.1. The summed E-state index contributed by atoms with van der Waals surface area (Å²) in [6, 6.07) is 1.76. The Morgan fingerprint density at radius 2 is 2.37 bits per heavy atom. The monoisotopic (exact) mass is 261 g/mol. The molecule has 104 valence electrons. The van der Waals surface area contributed by atoms with E-state index in [1.165, 1.54) is 12.8 Å². The lowest BCUT2D eigenvalue weighted by Crippen LogP contribution is -2.33. The van der Waals surface area contributed by atoms with Gasteiger partial charge in [-0.25, -0.2) is 4.98 Å². The van der Waals surface area contributed by atoms with Crippen LogP contribution in [0.3, 0.4) is 0 Å². The number of nitrogens with one attached hydrogen (secondary N) is 1. The van der Waals surface area contributed by atoms with Crippen molar-refractivity contribution in [2.45, 2.75) is 45.6 Å². The molecule has 1 saturated heterocycles. The van der Waals surface area contributed by atoms with Crippen LogP contribution in [0.25, 0.3) is 0 Å². The molecule has 2 aliphatic rings. The number of nitrogens with zero attached hydrogens (tertiary/aromatic N) is 2. The van der Waals surface area contributed by atoms with Crippen LogP contribution < -0.4 is 10.9 Å². The molecular weight excluding hydrogens is 238 g/mol. The standard InChI is InChI=1S/C15H23N3O/c1-11-4-6-18-14(7-11)17-13(9-15(18)19)8-12-3-2-5-16-10-12/h9,11-12,16H,2-8,10H2,1H3. The fourth-order valence-corrected chi connectivity index (χ4v) is 3.26. The molecule has 1 fully saturated rings.